The molecular formula is C31H29N3O3. The van der Waals surface area contributed by atoms with Gasteiger partial charge in [0.2, 0.25) is 0 Å². The fourth-order valence-electron chi connectivity index (χ4n) is 4.69. The van der Waals surface area contributed by atoms with E-state index in [2.05, 4.69) is 10.6 Å². The highest BCUT2D eigenvalue weighted by Gasteiger charge is 2.36. The molecule has 1 unspecified atom stereocenters. The van der Waals surface area contributed by atoms with E-state index in [9.17, 15) is 9.59 Å². The van der Waals surface area contributed by atoms with Crippen LogP contribution in [0.2, 0.25) is 0 Å². The zero-order chi connectivity index (χ0) is 25.6. The Morgan fingerprint density at radius 2 is 1.43 bits per heavy atom. The van der Waals surface area contributed by atoms with Gasteiger partial charge in [0.05, 0.1) is 12.6 Å². The first kappa shape index (κ1) is 24.3. The van der Waals surface area contributed by atoms with E-state index in [-0.39, 0.29) is 24.0 Å². The van der Waals surface area contributed by atoms with Gasteiger partial charge in [-0.25, -0.2) is 0 Å². The number of hydrogen-bond acceptors (Lipinski definition) is 4. The molecule has 4 aromatic rings. The number of methoxy groups -OCH3 is 1. The number of nitrogens with one attached hydrogen (secondary N) is 2. The Morgan fingerprint density at radius 3 is 2.05 bits per heavy atom. The highest BCUT2D eigenvalue weighted by atomic mass is 16.5. The molecular weight excluding hydrogens is 462 g/mol. The van der Waals surface area contributed by atoms with Crippen molar-refractivity contribution in [3.05, 3.63) is 137 Å². The van der Waals surface area contributed by atoms with Gasteiger partial charge in [0.1, 0.15) is 6.17 Å². The molecule has 6 heteroatoms. The average molecular weight is 492 g/mol. The lowest BCUT2D eigenvalue weighted by atomic mass is 9.98. The summed E-state index contributed by atoms with van der Waals surface area (Å²) < 4.78 is 5.22. The van der Waals surface area contributed by atoms with Crippen molar-refractivity contribution in [1.29, 1.82) is 0 Å². The molecule has 0 radical (unpaired) electrons. The van der Waals surface area contributed by atoms with Crippen LogP contribution in [0, 0.1) is 0 Å². The summed E-state index contributed by atoms with van der Waals surface area (Å²) in [6, 6.07) is 34.6. The molecule has 0 saturated carbocycles. The van der Waals surface area contributed by atoms with E-state index in [1.165, 1.54) is 0 Å². The van der Waals surface area contributed by atoms with Gasteiger partial charge >= 0.3 is 0 Å². The number of fused-ring (bicyclic) bond motifs is 1. The minimum absolute atomic E-state index is 0.0194. The lowest BCUT2D eigenvalue weighted by Gasteiger charge is -2.27. The zero-order valence-electron chi connectivity index (χ0n) is 20.6. The predicted molar refractivity (Wildman–Crippen MR) is 144 cm³/mol. The normalized spacial score (nSPS) is 14.5. The number of amides is 2. The Balaban J connectivity index is 1.33. The van der Waals surface area contributed by atoms with Gasteiger partial charge in [-0.2, -0.15) is 0 Å². The second kappa shape index (κ2) is 11.1. The minimum atomic E-state index is -0.306. The standard InChI is InChI=1S/C31H29N3O3/c1-37-21-20-34-29(26-14-8-9-15-27(26)31(34)36)32-25-18-16-24(17-19-25)30(35)33-28(22-10-4-2-5-11-22)23-12-6-3-7-13-23/h2-19,28-29,32H,20-21H2,1H3,(H,33,35). The van der Waals surface area contributed by atoms with Crippen molar-refractivity contribution in [3.8, 4) is 0 Å². The first-order valence-electron chi connectivity index (χ1n) is 12.3. The molecule has 0 bridgehead atoms. The molecule has 0 fully saturated rings. The molecule has 0 aliphatic carbocycles. The van der Waals surface area contributed by atoms with Crippen LogP contribution in [-0.2, 0) is 4.74 Å². The van der Waals surface area contributed by atoms with Crippen molar-refractivity contribution >= 4 is 17.5 Å². The second-order valence-electron chi connectivity index (χ2n) is 8.93. The highest BCUT2D eigenvalue weighted by molar-refractivity contribution is 5.99. The Labute approximate surface area is 216 Å². The van der Waals surface area contributed by atoms with Gasteiger partial charge in [-0.15, -0.1) is 0 Å². The van der Waals surface area contributed by atoms with Crippen LogP contribution in [0.4, 0.5) is 5.69 Å². The van der Waals surface area contributed by atoms with Gasteiger partial charge in [0.15, 0.2) is 0 Å². The lowest BCUT2D eigenvalue weighted by molar-refractivity contribution is 0.0674. The van der Waals surface area contributed by atoms with Crippen LogP contribution < -0.4 is 10.6 Å². The fourth-order valence-corrected chi connectivity index (χ4v) is 4.69. The van der Waals surface area contributed by atoms with Crippen LogP contribution in [0.1, 0.15) is 49.6 Å². The van der Waals surface area contributed by atoms with Gasteiger partial charge in [-0.3, -0.25) is 9.59 Å². The molecule has 186 valence electrons. The lowest BCUT2D eigenvalue weighted by Crippen LogP contribution is -2.35. The van der Waals surface area contributed by atoms with E-state index in [1.54, 1.807) is 24.1 Å². The van der Waals surface area contributed by atoms with Crippen LogP contribution >= 0.6 is 0 Å². The smallest absolute Gasteiger partial charge is 0.256 e. The van der Waals surface area contributed by atoms with Crippen molar-refractivity contribution in [1.82, 2.24) is 10.2 Å². The van der Waals surface area contributed by atoms with E-state index in [4.69, 9.17) is 4.74 Å². The Kier molecular flexibility index (Phi) is 7.28. The van der Waals surface area contributed by atoms with Crippen LogP contribution in [-0.4, -0.2) is 37.0 Å². The molecule has 37 heavy (non-hydrogen) atoms. The molecule has 6 nitrogen and oxygen atoms in total. The molecule has 0 aromatic heterocycles. The summed E-state index contributed by atoms with van der Waals surface area (Å²) >= 11 is 0. The van der Waals surface area contributed by atoms with Gasteiger partial charge < -0.3 is 20.3 Å². The van der Waals surface area contributed by atoms with Gasteiger partial charge in [-0.1, -0.05) is 78.9 Å². The summed E-state index contributed by atoms with van der Waals surface area (Å²) in [4.78, 5) is 28.0. The third-order valence-electron chi connectivity index (χ3n) is 6.59. The summed E-state index contributed by atoms with van der Waals surface area (Å²) in [6.07, 6.45) is -0.306. The number of rotatable bonds is 9. The molecule has 1 atom stereocenters. The third kappa shape index (κ3) is 5.25. The number of carbonyl (C=O) groups is 2. The molecule has 2 N–H and O–H groups in total. The fraction of sp³-hybridized carbons (Fsp3) is 0.161. The quantitative estimate of drug-likeness (QED) is 0.328. The van der Waals surface area contributed by atoms with Crippen LogP contribution in [0.15, 0.2) is 109 Å². The number of anilines is 1. The molecule has 0 spiro atoms. The molecule has 0 saturated heterocycles. The molecule has 1 aliphatic rings. The number of nitrogens with zero attached hydrogens (tertiary/aromatic N) is 1. The van der Waals surface area contributed by atoms with E-state index in [0.29, 0.717) is 24.3 Å². The number of benzene rings is 4. The predicted octanol–water partition coefficient (Wildman–Crippen LogP) is 5.42. The number of ether oxygens (including phenoxy) is 1. The van der Waals surface area contributed by atoms with Gasteiger partial charge in [0.25, 0.3) is 11.8 Å². The van der Waals surface area contributed by atoms with Crippen LogP contribution in [0.3, 0.4) is 0 Å². The SMILES string of the molecule is COCCN1C(=O)c2ccccc2C1Nc1ccc(C(=O)NC(c2ccccc2)c2ccccc2)cc1. The molecule has 2 amide bonds. The van der Waals surface area contributed by atoms with Gasteiger partial charge in [0, 0.05) is 36.0 Å². The Morgan fingerprint density at radius 1 is 0.838 bits per heavy atom. The van der Waals surface area contributed by atoms with Crippen molar-refractivity contribution in [2.75, 3.05) is 25.6 Å². The second-order valence-corrected chi connectivity index (χ2v) is 8.93. The van der Waals surface area contributed by atoms with Crippen LogP contribution in [0.25, 0.3) is 0 Å². The van der Waals surface area contributed by atoms with Crippen molar-refractivity contribution in [2.45, 2.75) is 12.2 Å². The maximum absolute atomic E-state index is 13.2. The van der Waals surface area contributed by atoms with Crippen molar-refractivity contribution in [2.24, 2.45) is 0 Å². The number of hydrogen-bond donors (Lipinski definition) is 2. The molecule has 1 aliphatic heterocycles. The maximum Gasteiger partial charge on any atom is 0.256 e. The first-order chi connectivity index (χ1) is 18.2. The van der Waals surface area contributed by atoms with E-state index < -0.39 is 0 Å². The first-order valence-corrected chi connectivity index (χ1v) is 12.3. The molecule has 1 heterocycles. The van der Waals surface area contributed by atoms with Crippen molar-refractivity contribution in [3.63, 3.8) is 0 Å². The summed E-state index contributed by atoms with van der Waals surface area (Å²) in [7, 11) is 1.63. The largest absolute Gasteiger partial charge is 0.383 e. The van der Waals surface area contributed by atoms with E-state index >= 15 is 0 Å². The monoisotopic (exact) mass is 491 g/mol. The topological polar surface area (TPSA) is 70.7 Å². The minimum Gasteiger partial charge on any atom is -0.383 e. The Bertz CT molecular complexity index is 1320. The third-order valence-corrected chi connectivity index (χ3v) is 6.59. The van der Waals surface area contributed by atoms with E-state index in [1.807, 2.05) is 97.1 Å². The summed E-state index contributed by atoms with van der Waals surface area (Å²) in [5, 5.41) is 6.64. The van der Waals surface area contributed by atoms with E-state index in [0.717, 1.165) is 22.4 Å². The Hall–Kier alpha value is -4.42. The summed E-state index contributed by atoms with van der Waals surface area (Å²) in [6.45, 7) is 0.920. The highest BCUT2D eigenvalue weighted by Crippen LogP contribution is 2.34. The summed E-state index contributed by atoms with van der Waals surface area (Å²) in [5.74, 6) is -0.179. The molecule has 5 rings (SSSR count). The van der Waals surface area contributed by atoms with Gasteiger partial charge in [-0.05, 0) is 41.5 Å². The maximum atomic E-state index is 13.2. The average Bonchev–Trinajstić information content (AvgIpc) is 3.22. The summed E-state index contributed by atoms with van der Waals surface area (Å²) in [5.41, 5.74) is 5.03. The molecule has 4 aromatic carbocycles. The zero-order valence-corrected chi connectivity index (χ0v) is 20.6. The number of carbonyl (C=O) groups excluding carboxylic acids is 2. The van der Waals surface area contributed by atoms with Crippen molar-refractivity contribution < 1.29 is 14.3 Å². The van der Waals surface area contributed by atoms with Crippen LogP contribution in [0.5, 0.6) is 0 Å².